The molecule has 0 unspecified atom stereocenters. The van der Waals surface area contributed by atoms with E-state index >= 15 is 0 Å². The maximum atomic E-state index is 12.4. The van der Waals surface area contributed by atoms with Crippen molar-refractivity contribution in [2.45, 2.75) is 39.0 Å². The highest BCUT2D eigenvalue weighted by atomic mass is 16.6. The smallest absolute Gasteiger partial charge is 0.410 e. The first-order chi connectivity index (χ1) is 12.7. The number of rotatable bonds is 2. The molecule has 1 aromatic carbocycles. The Morgan fingerprint density at radius 1 is 1.26 bits per heavy atom. The van der Waals surface area contributed by atoms with Gasteiger partial charge in [-0.1, -0.05) is 0 Å². The molecule has 2 aliphatic rings. The lowest BCUT2D eigenvalue weighted by Crippen LogP contribution is -2.56. The van der Waals surface area contributed by atoms with Crippen LogP contribution in [0.1, 0.15) is 36.7 Å². The largest absolute Gasteiger partial charge is 0.496 e. The van der Waals surface area contributed by atoms with Crippen molar-refractivity contribution in [2.75, 3.05) is 38.3 Å². The van der Waals surface area contributed by atoms with Crippen LogP contribution in [0.15, 0.2) is 12.1 Å². The molecule has 148 valence electrons. The van der Waals surface area contributed by atoms with Crippen LogP contribution in [0, 0.1) is 0 Å². The van der Waals surface area contributed by atoms with E-state index in [2.05, 4.69) is 4.90 Å². The molecule has 0 bridgehead atoms. The molecule has 0 aliphatic carbocycles. The van der Waals surface area contributed by atoms with Crippen molar-refractivity contribution >= 4 is 17.7 Å². The molecule has 1 atom stereocenters. The number of carboxylic acids is 1. The average molecular weight is 378 g/mol. The highest BCUT2D eigenvalue weighted by Gasteiger charge is 2.35. The molecule has 0 aromatic heterocycles. The molecule has 2 aliphatic heterocycles. The number of piperazine rings is 1. The molecular formula is C19H26N2O6. The molecule has 8 nitrogen and oxygen atoms in total. The quantitative estimate of drug-likeness (QED) is 0.845. The van der Waals surface area contributed by atoms with E-state index in [-0.39, 0.29) is 17.7 Å². The second-order valence-electron chi connectivity index (χ2n) is 7.78. The van der Waals surface area contributed by atoms with Gasteiger partial charge < -0.3 is 29.1 Å². The summed E-state index contributed by atoms with van der Waals surface area (Å²) in [4.78, 5) is 27.7. The second-order valence-corrected chi connectivity index (χ2v) is 7.78. The zero-order valence-electron chi connectivity index (χ0n) is 16.2. The van der Waals surface area contributed by atoms with E-state index in [1.165, 1.54) is 7.11 Å². The van der Waals surface area contributed by atoms with Crippen LogP contribution >= 0.6 is 0 Å². The number of carboxylic acid groups (broad SMARTS) is 1. The summed E-state index contributed by atoms with van der Waals surface area (Å²) in [5, 5.41) is 9.40. The number of amides is 1. The molecule has 0 radical (unpaired) electrons. The van der Waals surface area contributed by atoms with Crippen LogP contribution in [0.25, 0.3) is 0 Å². The summed E-state index contributed by atoms with van der Waals surface area (Å²) in [5.74, 6) is -0.721. The highest BCUT2D eigenvalue weighted by molar-refractivity contribution is 5.92. The maximum Gasteiger partial charge on any atom is 0.410 e. The molecule has 1 saturated heterocycles. The fourth-order valence-corrected chi connectivity index (χ4v) is 3.45. The maximum absolute atomic E-state index is 12.4. The predicted molar refractivity (Wildman–Crippen MR) is 98.6 cm³/mol. The van der Waals surface area contributed by atoms with E-state index < -0.39 is 11.6 Å². The number of methoxy groups -OCH3 is 1. The lowest BCUT2D eigenvalue weighted by atomic mass is 10.0. The van der Waals surface area contributed by atoms with Gasteiger partial charge in [0.2, 0.25) is 0 Å². The lowest BCUT2D eigenvalue weighted by Gasteiger charge is -2.42. The van der Waals surface area contributed by atoms with Gasteiger partial charge in [0.05, 0.1) is 26.4 Å². The first-order valence-electron chi connectivity index (χ1n) is 8.96. The Morgan fingerprint density at radius 3 is 2.63 bits per heavy atom. The number of aromatic carboxylic acids is 1. The summed E-state index contributed by atoms with van der Waals surface area (Å²) in [5.41, 5.74) is 1.27. The minimum absolute atomic E-state index is 0.0343. The van der Waals surface area contributed by atoms with Crippen LogP contribution < -0.4 is 9.64 Å². The van der Waals surface area contributed by atoms with Gasteiger partial charge in [-0.15, -0.1) is 0 Å². The zero-order valence-corrected chi connectivity index (χ0v) is 16.2. The molecule has 0 spiro atoms. The fraction of sp³-hybridized carbons (Fsp3) is 0.579. The molecule has 1 aromatic rings. The summed E-state index contributed by atoms with van der Waals surface area (Å²) < 4.78 is 16.5. The highest BCUT2D eigenvalue weighted by Crippen LogP contribution is 2.35. The van der Waals surface area contributed by atoms with Crippen molar-refractivity contribution < 1.29 is 28.9 Å². The van der Waals surface area contributed by atoms with E-state index in [0.717, 1.165) is 11.3 Å². The number of benzene rings is 1. The summed E-state index contributed by atoms with van der Waals surface area (Å²) in [6, 6.07) is 3.33. The number of hydrogen-bond donors (Lipinski definition) is 1. The van der Waals surface area contributed by atoms with Crippen molar-refractivity contribution in [3.8, 4) is 5.75 Å². The van der Waals surface area contributed by atoms with Gasteiger partial charge in [0.25, 0.3) is 0 Å². The van der Waals surface area contributed by atoms with E-state index in [4.69, 9.17) is 14.2 Å². The Morgan fingerprint density at radius 2 is 2.00 bits per heavy atom. The Hall–Kier alpha value is -2.48. The number of hydrogen-bond acceptors (Lipinski definition) is 6. The fourth-order valence-electron chi connectivity index (χ4n) is 3.45. The Balaban J connectivity index is 1.85. The number of carbonyl (C=O) groups excluding carboxylic acids is 1. The van der Waals surface area contributed by atoms with E-state index in [1.807, 2.05) is 20.8 Å². The molecular weight excluding hydrogens is 352 g/mol. The lowest BCUT2D eigenvalue weighted by molar-refractivity contribution is 0.0172. The minimum Gasteiger partial charge on any atom is -0.496 e. The van der Waals surface area contributed by atoms with Crippen molar-refractivity contribution in [1.82, 2.24) is 4.90 Å². The van der Waals surface area contributed by atoms with Crippen LogP contribution in [0.3, 0.4) is 0 Å². The van der Waals surface area contributed by atoms with Gasteiger partial charge in [0, 0.05) is 37.0 Å². The summed E-state index contributed by atoms with van der Waals surface area (Å²) in [7, 11) is 1.46. The molecule has 3 rings (SSSR count). The monoisotopic (exact) mass is 378 g/mol. The van der Waals surface area contributed by atoms with E-state index in [0.29, 0.717) is 38.6 Å². The number of fused-ring (bicyclic) bond motifs is 3. The molecule has 27 heavy (non-hydrogen) atoms. The normalized spacial score (nSPS) is 19.6. The topological polar surface area (TPSA) is 88.5 Å². The zero-order chi connectivity index (χ0) is 19.8. The van der Waals surface area contributed by atoms with E-state index in [9.17, 15) is 14.7 Å². The van der Waals surface area contributed by atoms with Gasteiger partial charge in [-0.25, -0.2) is 9.59 Å². The van der Waals surface area contributed by atoms with Gasteiger partial charge in [0.15, 0.2) is 0 Å². The minimum atomic E-state index is -1.04. The molecule has 8 heteroatoms. The van der Waals surface area contributed by atoms with Gasteiger partial charge in [-0.3, -0.25) is 0 Å². The molecule has 1 N–H and O–H groups in total. The Labute approximate surface area is 158 Å². The Bertz CT molecular complexity index is 742. The van der Waals surface area contributed by atoms with Crippen LogP contribution in [-0.2, 0) is 16.1 Å². The van der Waals surface area contributed by atoms with Crippen molar-refractivity contribution in [2.24, 2.45) is 0 Å². The van der Waals surface area contributed by atoms with Crippen molar-refractivity contribution in [3.05, 3.63) is 23.3 Å². The molecule has 0 saturated carbocycles. The third-order valence-electron chi connectivity index (χ3n) is 4.64. The van der Waals surface area contributed by atoms with E-state index in [1.54, 1.807) is 17.0 Å². The Kier molecular flexibility index (Phi) is 5.19. The van der Waals surface area contributed by atoms with Gasteiger partial charge in [-0.2, -0.15) is 0 Å². The number of nitrogens with zero attached hydrogens (tertiary/aromatic N) is 2. The number of ether oxygens (including phenoxy) is 3. The van der Waals surface area contributed by atoms with Crippen molar-refractivity contribution in [1.29, 1.82) is 0 Å². The van der Waals surface area contributed by atoms with Crippen LogP contribution in [0.2, 0.25) is 0 Å². The number of carbonyl (C=O) groups is 2. The molecule has 1 amide bonds. The second kappa shape index (κ2) is 7.26. The molecule has 2 heterocycles. The van der Waals surface area contributed by atoms with Crippen LogP contribution in [0.4, 0.5) is 10.5 Å². The average Bonchev–Trinajstić information content (AvgIpc) is 2.77. The van der Waals surface area contributed by atoms with Crippen molar-refractivity contribution in [3.63, 3.8) is 0 Å². The first kappa shape index (κ1) is 19.3. The first-order valence-corrected chi connectivity index (χ1v) is 8.96. The predicted octanol–water partition coefficient (Wildman–Crippen LogP) is 2.35. The van der Waals surface area contributed by atoms with Crippen LogP contribution in [-0.4, -0.2) is 67.1 Å². The summed E-state index contributed by atoms with van der Waals surface area (Å²) in [6.07, 6.45) is -0.328. The third kappa shape index (κ3) is 4.10. The van der Waals surface area contributed by atoms with Gasteiger partial charge in [0.1, 0.15) is 16.9 Å². The summed E-state index contributed by atoms with van der Waals surface area (Å²) >= 11 is 0. The summed E-state index contributed by atoms with van der Waals surface area (Å²) in [6.45, 7) is 7.91. The van der Waals surface area contributed by atoms with Crippen LogP contribution in [0.5, 0.6) is 5.75 Å². The SMILES string of the molecule is COc1cc2c(cc1C(=O)O)COC[C@H]1CN(C(=O)OC(C)(C)C)CCN21. The third-order valence-corrected chi connectivity index (χ3v) is 4.64. The van der Waals surface area contributed by atoms with Gasteiger partial charge in [-0.05, 0) is 26.8 Å². The number of anilines is 1. The standard InChI is InChI=1S/C19H26N2O6/c1-19(2,3)27-18(24)20-5-6-21-13(9-20)11-26-10-12-7-14(17(22)23)16(25-4)8-15(12)21/h7-8,13H,5-6,9-11H2,1-4H3,(H,22,23)/t13-/m1/s1. The van der Waals surface area contributed by atoms with Gasteiger partial charge >= 0.3 is 12.1 Å². The molecule has 1 fully saturated rings.